The van der Waals surface area contributed by atoms with E-state index in [0.717, 1.165) is 26.5 Å². The smallest absolute Gasteiger partial charge is 0.407 e. The fraction of sp³-hybridized carbons (Fsp3) is 0.158. The van der Waals surface area contributed by atoms with E-state index in [0.29, 0.717) is 19.0 Å². The van der Waals surface area contributed by atoms with Crippen molar-refractivity contribution in [3.8, 4) is 10.7 Å². The number of fused-ring (bicyclic) bond motifs is 1. The average molecular weight is 412 g/mol. The van der Waals surface area contributed by atoms with Crippen LogP contribution in [0.4, 0.5) is 10.7 Å². The summed E-state index contributed by atoms with van der Waals surface area (Å²) in [4.78, 5) is 25.3. The zero-order valence-electron chi connectivity index (χ0n) is 14.8. The predicted molar refractivity (Wildman–Crippen MR) is 112 cm³/mol. The summed E-state index contributed by atoms with van der Waals surface area (Å²) < 4.78 is 6.20. The quantitative estimate of drug-likeness (QED) is 0.444. The second-order valence-electron chi connectivity index (χ2n) is 5.78. The van der Waals surface area contributed by atoms with E-state index in [-0.39, 0.29) is 6.61 Å². The van der Waals surface area contributed by atoms with Crippen molar-refractivity contribution < 1.29 is 9.53 Å². The molecule has 0 saturated carbocycles. The Hall–Kier alpha value is -3.04. The lowest BCUT2D eigenvalue weighted by Gasteiger charge is -2.09. The number of nitrogens with one attached hydrogen (secondary N) is 2. The molecule has 0 fully saturated rings. The van der Waals surface area contributed by atoms with Gasteiger partial charge in [0, 0.05) is 24.7 Å². The van der Waals surface area contributed by atoms with Crippen molar-refractivity contribution in [1.29, 1.82) is 0 Å². The van der Waals surface area contributed by atoms with E-state index in [9.17, 15) is 4.79 Å². The van der Waals surface area contributed by atoms with Gasteiger partial charge in [-0.05, 0) is 17.0 Å². The normalized spacial score (nSPS) is 10.7. The highest BCUT2D eigenvalue weighted by Gasteiger charge is 2.13. The zero-order chi connectivity index (χ0) is 19.2. The number of alkyl carbamates (subject to hydrolysis) is 1. The minimum Gasteiger partial charge on any atom is -0.445 e. The number of ether oxygens (including phenoxy) is 1. The molecular weight excluding hydrogens is 394 g/mol. The van der Waals surface area contributed by atoms with E-state index >= 15 is 0 Å². The van der Waals surface area contributed by atoms with Gasteiger partial charge in [0.2, 0.25) is 5.95 Å². The molecule has 3 heterocycles. The molecule has 0 bridgehead atoms. The van der Waals surface area contributed by atoms with E-state index in [2.05, 4.69) is 25.6 Å². The molecule has 2 N–H and O–H groups in total. The molecule has 0 unspecified atom stereocenters. The standard InChI is InChI=1S/C19H17N5O2S2/c25-19(26-12-13-4-2-1-3-5-13)22-8-7-21-18-23-14-6-10-27-16(14)15(24-18)17-20-9-11-28-17/h1-6,9-11H,7-8,12H2,(H,22,25)(H,21,23,24). The number of nitrogens with zero attached hydrogens (tertiary/aromatic N) is 3. The first-order valence-corrected chi connectivity index (χ1v) is 10.4. The second kappa shape index (κ2) is 8.77. The van der Waals surface area contributed by atoms with Gasteiger partial charge in [0.1, 0.15) is 17.3 Å². The number of benzene rings is 1. The van der Waals surface area contributed by atoms with Crippen LogP contribution in [0.15, 0.2) is 53.4 Å². The van der Waals surface area contributed by atoms with Crippen molar-refractivity contribution in [2.75, 3.05) is 18.4 Å². The maximum Gasteiger partial charge on any atom is 0.407 e. The van der Waals surface area contributed by atoms with Crippen molar-refractivity contribution in [1.82, 2.24) is 20.3 Å². The Morgan fingerprint density at radius 1 is 1.04 bits per heavy atom. The fourth-order valence-electron chi connectivity index (χ4n) is 2.54. The highest BCUT2D eigenvalue weighted by molar-refractivity contribution is 7.18. The van der Waals surface area contributed by atoms with Crippen LogP contribution in [0, 0.1) is 0 Å². The minimum absolute atomic E-state index is 0.245. The van der Waals surface area contributed by atoms with Gasteiger partial charge in [0.05, 0.1) is 10.2 Å². The number of amides is 1. The molecular formula is C19H17N5O2S2. The number of carbonyl (C=O) groups is 1. The van der Waals surface area contributed by atoms with E-state index in [4.69, 9.17) is 4.74 Å². The number of aromatic nitrogens is 3. The monoisotopic (exact) mass is 411 g/mol. The van der Waals surface area contributed by atoms with Gasteiger partial charge in [-0.3, -0.25) is 0 Å². The van der Waals surface area contributed by atoms with Gasteiger partial charge in [-0.1, -0.05) is 30.3 Å². The number of rotatable bonds is 7. The van der Waals surface area contributed by atoms with Crippen molar-refractivity contribution in [3.05, 3.63) is 58.9 Å². The minimum atomic E-state index is -0.455. The first-order valence-electron chi connectivity index (χ1n) is 8.63. The molecule has 7 nitrogen and oxygen atoms in total. The summed E-state index contributed by atoms with van der Waals surface area (Å²) >= 11 is 3.14. The highest BCUT2D eigenvalue weighted by atomic mass is 32.1. The van der Waals surface area contributed by atoms with Crippen molar-refractivity contribution >= 4 is 44.9 Å². The Labute approximate surface area is 169 Å². The molecule has 0 aliphatic heterocycles. The van der Waals surface area contributed by atoms with Gasteiger partial charge in [-0.15, -0.1) is 22.7 Å². The van der Waals surface area contributed by atoms with Crippen LogP contribution in [-0.4, -0.2) is 34.1 Å². The Kier molecular flexibility index (Phi) is 5.74. The Balaban J connectivity index is 1.30. The largest absolute Gasteiger partial charge is 0.445 e. The van der Waals surface area contributed by atoms with Crippen LogP contribution in [0.3, 0.4) is 0 Å². The van der Waals surface area contributed by atoms with Gasteiger partial charge >= 0.3 is 6.09 Å². The number of anilines is 1. The summed E-state index contributed by atoms with van der Waals surface area (Å²) in [5.41, 5.74) is 2.65. The summed E-state index contributed by atoms with van der Waals surface area (Å²) in [7, 11) is 0. The molecule has 0 spiro atoms. The summed E-state index contributed by atoms with van der Waals surface area (Å²) in [5, 5.41) is 10.6. The SMILES string of the molecule is O=C(NCCNc1nc(-c2nccs2)c2sccc2n1)OCc1ccccc1. The van der Waals surface area contributed by atoms with Gasteiger partial charge in [-0.2, -0.15) is 0 Å². The zero-order valence-corrected chi connectivity index (χ0v) is 16.4. The molecule has 9 heteroatoms. The summed E-state index contributed by atoms with van der Waals surface area (Å²) in [6, 6.07) is 11.5. The first-order chi connectivity index (χ1) is 13.8. The molecule has 4 rings (SSSR count). The lowest BCUT2D eigenvalue weighted by Crippen LogP contribution is -2.29. The Morgan fingerprint density at radius 3 is 2.75 bits per heavy atom. The topological polar surface area (TPSA) is 89.0 Å². The molecule has 1 aromatic carbocycles. The number of carbonyl (C=O) groups excluding carboxylic acids is 1. The summed E-state index contributed by atoms with van der Waals surface area (Å²) in [6.07, 6.45) is 1.31. The molecule has 0 aliphatic rings. The molecule has 0 aliphatic carbocycles. The van der Waals surface area contributed by atoms with Crippen LogP contribution in [-0.2, 0) is 11.3 Å². The summed E-state index contributed by atoms with van der Waals surface area (Å²) in [5.74, 6) is 0.510. The van der Waals surface area contributed by atoms with Crippen LogP contribution in [0.1, 0.15) is 5.56 Å². The fourth-order valence-corrected chi connectivity index (χ4v) is 4.06. The Morgan fingerprint density at radius 2 is 1.93 bits per heavy atom. The highest BCUT2D eigenvalue weighted by Crippen LogP contribution is 2.32. The summed E-state index contributed by atoms with van der Waals surface area (Å²) in [6.45, 7) is 1.12. The third-order valence-electron chi connectivity index (χ3n) is 3.83. The molecule has 1 amide bonds. The number of thiazole rings is 1. The number of hydrogen-bond acceptors (Lipinski definition) is 8. The van der Waals surface area contributed by atoms with Gasteiger partial charge in [0.15, 0.2) is 0 Å². The predicted octanol–water partition coefficient (Wildman–Crippen LogP) is 4.15. The molecule has 142 valence electrons. The van der Waals surface area contributed by atoms with Crippen LogP contribution < -0.4 is 10.6 Å². The molecule has 0 radical (unpaired) electrons. The molecule has 28 heavy (non-hydrogen) atoms. The van der Waals surface area contributed by atoms with Crippen molar-refractivity contribution in [3.63, 3.8) is 0 Å². The van der Waals surface area contributed by atoms with Gasteiger partial charge in [-0.25, -0.2) is 19.7 Å². The average Bonchev–Trinajstić information content (AvgIpc) is 3.41. The van der Waals surface area contributed by atoms with Gasteiger partial charge < -0.3 is 15.4 Å². The first kappa shape index (κ1) is 18.3. The third-order valence-corrected chi connectivity index (χ3v) is 5.52. The third kappa shape index (κ3) is 4.44. The maximum absolute atomic E-state index is 11.8. The second-order valence-corrected chi connectivity index (χ2v) is 7.59. The number of hydrogen-bond donors (Lipinski definition) is 2. The Bertz CT molecular complexity index is 1050. The molecule has 0 saturated heterocycles. The van der Waals surface area contributed by atoms with E-state index in [1.54, 1.807) is 28.9 Å². The van der Waals surface area contributed by atoms with Gasteiger partial charge in [0.25, 0.3) is 0 Å². The lowest BCUT2D eigenvalue weighted by molar-refractivity contribution is 0.140. The number of thiophene rings is 1. The van der Waals surface area contributed by atoms with E-state index in [1.165, 1.54) is 0 Å². The van der Waals surface area contributed by atoms with Crippen LogP contribution in [0.5, 0.6) is 0 Å². The van der Waals surface area contributed by atoms with Crippen molar-refractivity contribution in [2.24, 2.45) is 0 Å². The van der Waals surface area contributed by atoms with E-state index in [1.807, 2.05) is 47.2 Å². The molecule has 4 aromatic rings. The van der Waals surface area contributed by atoms with Crippen LogP contribution in [0.2, 0.25) is 0 Å². The lowest BCUT2D eigenvalue weighted by atomic mass is 10.2. The maximum atomic E-state index is 11.8. The van der Waals surface area contributed by atoms with Crippen LogP contribution >= 0.6 is 22.7 Å². The van der Waals surface area contributed by atoms with E-state index < -0.39 is 6.09 Å². The van der Waals surface area contributed by atoms with Crippen LogP contribution in [0.25, 0.3) is 20.9 Å². The molecule has 0 atom stereocenters. The molecule has 3 aromatic heterocycles. The van der Waals surface area contributed by atoms with Crippen molar-refractivity contribution in [2.45, 2.75) is 6.61 Å².